The molecular formula is C17H20N2. The number of anilines is 1. The van der Waals surface area contributed by atoms with Crippen LogP contribution in [-0.4, -0.2) is 11.5 Å². The quantitative estimate of drug-likeness (QED) is 0.884. The molecule has 0 bridgehead atoms. The van der Waals surface area contributed by atoms with Crippen LogP contribution in [0, 0.1) is 18.3 Å². The van der Waals surface area contributed by atoms with Crippen LogP contribution in [0.5, 0.6) is 0 Å². The van der Waals surface area contributed by atoms with E-state index in [1.807, 2.05) is 0 Å². The second kappa shape index (κ2) is 3.96. The predicted octanol–water partition coefficient (Wildman–Crippen LogP) is 4.15. The van der Waals surface area contributed by atoms with Gasteiger partial charge in [-0.1, -0.05) is 18.2 Å². The van der Waals surface area contributed by atoms with Crippen LogP contribution in [0.25, 0.3) is 10.9 Å². The van der Waals surface area contributed by atoms with Crippen LogP contribution in [0.4, 0.5) is 5.82 Å². The van der Waals surface area contributed by atoms with E-state index in [1.165, 1.54) is 36.6 Å². The summed E-state index contributed by atoms with van der Waals surface area (Å²) in [5.74, 6) is 2.08. The molecule has 1 N–H and O–H groups in total. The van der Waals surface area contributed by atoms with Gasteiger partial charge in [-0.2, -0.15) is 0 Å². The molecule has 2 heteroatoms. The molecule has 2 fully saturated rings. The summed E-state index contributed by atoms with van der Waals surface area (Å²) in [6, 6.07) is 10.6. The van der Waals surface area contributed by atoms with E-state index in [1.54, 1.807) is 0 Å². The summed E-state index contributed by atoms with van der Waals surface area (Å²) in [5.41, 5.74) is 2.97. The van der Waals surface area contributed by atoms with Gasteiger partial charge in [0.05, 0.1) is 5.52 Å². The van der Waals surface area contributed by atoms with Gasteiger partial charge < -0.3 is 5.32 Å². The van der Waals surface area contributed by atoms with Gasteiger partial charge in [0.15, 0.2) is 0 Å². The number of nitrogens with zero attached hydrogens (tertiary/aromatic N) is 1. The molecular weight excluding hydrogens is 232 g/mol. The zero-order valence-corrected chi connectivity index (χ0v) is 11.4. The van der Waals surface area contributed by atoms with E-state index >= 15 is 0 Å². The summed E-state index contributed by atoms with van der Waals surface area (Å²) in [6.07, 6.45) is 5.73. The number of hydrogen-bond donors (Lipinski definition) is 1. The van der Waals surface area contributed by atoms with Crippen LogP contribution < -0.4 is 5.32 Å². The van der Waals surface area contributed by atoms with E-state index in [2.05, 4.69) is 42.6 Å². The fourth-order valence-electron chi connectivity index (χ4n) is 3.25. The summed E-state index contributed by atoms with van der Waals surface area (Å²) in [4.78, 5) is 4.77. The van der Waals surface area contributed by atoms with Gasteiger partial charge in [0, 0.05) is 11.9 Å². The zero-order valence-electron chi connectivity index (χ0n) is 11.4. The first-order valence-electron chi connectivity index (χ1n) is 7.37. The fourth-order valence-corrected chi connectivity index (χ4v) is 3.25. The number of aryl methyl sites for hydroxylation is 1. The summed E-state index contributed by atoms with van der Waals surface area (Å²) in [5, 5.41) is 4.85. The highest BCUT2D eigenvalue weighted by Gasteiger charge is 2.53. The van der Waals surface area contributed by atoms with Crippen LogP contribution in [-0.2, 0) is 0 Å². The molecule has 2 nitrogen and oxygen atoms in total. The van der Waals surface area contributed by atoms with E-state index in [-0.39, 0.29) is 0 Å². The van der Waals surface area contributed by atoms with E-state index in [9.17, 15) is 0 Å². The first-order chi connectivity index (χ1) is 9.27. The van der Waals surface area contributed by atoms with Crippen LogP contribution in [0.2, 0.25) is 0 Å². The summed E-state index contributed by atoms with van der Waals surface area (Å²) < 4.78 is 0. The number of nitrogens with one attached hydrogen (secondary N) is 1. The number of benzene rings is 1. The van der Waals surface area contributed by atoms with Gasteiger partial charge in [-0.25, -0.2) is 4.98 Å². The Hall–Kier alpha value is -1.57. The SMILES string of the molecule is Cc1cc2ccccc2nc1NCC1(C2CC2)CC1. The van der Waals surface area contributed by atoms with Crippen molar-refractivity contribution in [2.24, 2.45) is 11.3 Å². The molecule has 2 saturated carbocycles. The Morgan fingerprint density at radius 1 is 1.26 bits per heavy atom. The van der Waals surface area contributed by atoms with Gasteiger partial charge in [0.1, 0.15) is 5.82 Å². The first kappa shape index (κ1) is 11.3. The Morgan fingerprint density at radius 3 is 2.79 bits per heavy atom. The van der Waals surface area contributed by atoms with Gasteiger partial charge >= 0.3 is 0 Å². The van der Waals surface area contributed by atoms with Crippen LogP contribution >= 0.6 is 0 Å². The molecule has 4 rings (SSSR count). The molecule has 0 amide bonds. The monoisotopic (exact) mass is 252 g/mol. The molecule has 0 spiro atoms. The van der Waals surface area contributed by atoms with Crippen LogP contribution in [0.3, 0.4) is 0 Å². The third-order valence-corrected chi connectivity index (χ3v) is 4.86. The Labute approximate surface area is 114 Å². The minimum atomic E-state index is 0.625. The van der Waals surface area contributed by atoms with Crippen molar-refractivity contribution in [1.29, 1.82) is 0 Å². The predicted molar refractivity (Wildman–Crippen MR) is 79.4 cm³/mol. The lowest BCUT2D eigenvalue weighted by molar-refractivity contribution is 0.466. The highest BCUT2D eigenvalue weighted by Crippen LogP contribution is 2.61. The minimum absolute atomic E-state index is 0.625. The highest BCUT2D eigenvalue weighted by atomic mass is 15.0. The first-order valence-corrected chi connectivity index (χ1v) is 7.37. The Balaban J connectivity index is 1.58. The lowest BCUT2D eigenvalue weighted by atomic mass is 10.0. The second-order valence-electron chi connectivity index (χ2n) is 6.34. The highest BCUT2D eigenvalue weighted by molar-refractivity contribution is 5.81. The number of rotatable bonds is 4. The normalized spacial score (nSPS) is 20.5. The molecule has 0 radical (unpaired) electrons. The maximum atomic E-state index is 4.77. The van der Waals surface area contributed by atoms with E-state index in [0.717, 1.165) is 23.8 Å². The molecule has 1 aromatic carbocycles. The van der Waals surface area contributed by atoms with Crippen molar-refractivity contribution >= 4 is 16.7 Å². The molecule has 2 aliphatic rings. The molecule has 0 aliphatic heterocycles. The van der Waals surface area contributed by atoms with Crippen LogP contribution in [0.15, 0.2) is 30.3 Å². The molecule has 1 aromatic heterocycles. The summed E-state index contributed by atoms with van der Waals surface area (Å²) in [7, 11) is 0. The largest absolute Gasteiger partial charge is 0.369 e. The van der Waals surface area contributed by atoms with Crippen molar-refractivity contribution in [3.05, 3.63) is 35.9 Å². The third kappa shape index (κ3) is 1.99. The molecule has 0 atom stereocenters. The van der Waals surface area contributed by atoms with Crippen molar-refractivity contribution in [3.8, 4) is 0 Å². The Kier molecular flexibility index (Phi) is 2.35. The molecule has 1 heterocycles. The number of hydrogen-bond acceptors (Lipinski definition) is 2. The van der Waals surface area contributed by atoms with Crippen molar-refractivity contribution in [1.82, 2.24) is 4.98 Å². The zero-order chi connectivity index (χ0) is 12.9. The van der Waals surface area contributed by atoms with Crippen molar-refractivity contribution in [2.45, 2.75) is 32.6 Å². The molecule has 2 aliphatic carbocycles. The number of aromatic nitrogens is 1. The molecule has 0 saturated heterocycles. The second-order valence-corrected chi connectivity index (χ2v) is 6.34. The lowest BCUT2D eigenvalue weighted by Crippen LogP contribution is -2.18. The van der Waals surface area contributed by atoms with E-state index < -0.39 is 0 Å². The minimum Gasteiger partial charge on any atom is -0.369 e. The van der Waals surface area contributed by atoms with Gasteiger partial charge in [0.25, 0.3) is 0 Å². The average Bonchev–Trinajstić information content (AvgIpc) is 3.27. The molecule has 19 heavy (non-hydrogen) atoms. The molecule has 0 unspecified atom stereocenters. The third-order valence-electron chi connectivity index (χ3n) is 4.86. The molecule has 2 aromatic rings. The van der Waals surface area contributed by atoms with Gasteiger partial charge in [-0.3, -0.25) is 0 Å². The number of para-hydroxylation sites is 1. The maximum Gasteiger partial charge on any atom is 0.129 e. The van der Waals surface area contributed by atoms with E-state index in [4.69, 9.17) is 4.98 Å². The van der Waals surface area contributed by atoms with E-state index in [0.29, 0.717) is 5.41 Å². The summed E-state index contributed by atoms with van der Waals surface area (Å²) in [6.45, 7) is 3.27. The Morgan fingerprint density at radius 2 is 2.05 bits per heavy atom. The van der Waals surface area contributed by atoms with Gasteiger partial charge in [-0.05, 0) is 61.6 Å². The van der Waals surface area contributed by atoms with Crippen molar-refractivity contribution in [3.63, 3.8) is 0 Å². The van der Waals surface area contributed by atoms with Crippen LogP contribution in [0.1, 0.15) is 31.2 Å². The van der Waals surface area contributed by atoms with Gasteiger partial charge in [-0.15, -0.1) is 0 Å². The van der Waals surface area contributed by atoms with Gasteiger partial charge in [0.2, 0.25) is 0 Å². The fraction of sp³-hybridized carbons (Fsp3) is 0.471. The topological polar surface area (TPSA) is 24.9 Å². The number of fused-ring (bicyclic) bond motifs is 1. The average molecular weight is 252 g/mol. The number of pyridine rings is 1. The molecule has 98 valence electrons. The van der Waals surface area contributed by atoms with Crippen molar-refractivity contribution in [2.75, 3.05) is 11.9 Å². The lowest BCUT2D eigenvalue weighted by Gasteiger charge is -2.17. The smallest absolute Gasteiger partial charge is 0.129 e. The van der Waals surface area contributed by atoms with Crippen molar-refractivity contribution < 1.29 is 0 Å². The Bertz CT molecular complexity index is 624. The standard InChI is InChI=1S/C17H20N2/c1-12-10-13-4-2-3-5-15(13)19-16(12)18-11-17(8-9-17)14-6-7-14/h2-5,10,14H,6-9,11H2,1H3,(H,18,19). The summed E-state index contributed by atoms with van der Waals surface area (Å²) >= 11 is 0. The maximum absolute atomic E-state index is 4.77.